The lowest BCUT2D eigenvalue weighted by Gasteiger charge is -2.13. The molecule has 6 heteroatoms. The molecule has 0 radical (unpaired) electrons. The SMILES string of the molecule is COCCOc1ccc(NC(C)c2cscn2)cn1. The second kappa shape index (κ2) is 7.06. The van der Waals surface area contributed by atoms with Gasteiger partial charge in [-0.2, -0.15) is 0 Å². The van der Waals surface area contributed by atoms with Crippen LogP contribution >= 0.6 is 11.3 Å². The standard InChI is InChI=1S/C13H17N3O2S/c1-10(12-8-19-9-15-12)16-11-3-4-13(14-7-11)18-6-5-17-2/h3-4,7-10,16H,5-6H2,1-2H3. The van der Waals surface area contributed by atoms with E-state index in [0.717, 1.165) is 11.4 Å². The Hall–Kier alpha value is -1.66. The number of hydrogen-bond acceptors (Lipinski definition) is 6. The fraction of sp³-hybridized carbons (Fsp3) is 0.385. The zero-order valence-electron chi connectivity index (χ0n) is 11.0. The van der Waals surface area contributed by atoms with E-state index in [1.807, 2.05) is 23.0 Å². The normalized spacial score (nSPS) is 12.1. The minimum atomic E-state index is 0.160. The van der Waals surface area contributed by atoms with Gasteiger partial charge in [0.2, 0.25) is 5.88 Å². The van der Waals surface area contributed by atoms with Gasteiger partial charge >= 0.3 is 0 Å². The predicted octanol–water partition coefficient (Wildman–Crippen LogP) is 2.74. The maximum Gasteiger partial charge on any atom is 0.213 e. The molecule has 2 aromatic rings. The van der Waals surface area contributed by atoms with Crippen LogP contribution in [0.3, 0.4) is 0 Å². The van der Waals surface area contributed by atoms with Crippen molar-refractivity contribution in [2.75, 3.05) is 25.6 Å². The zero-order valence-corrected chi connectivity index (χ0v) is 11.8. The molecule has 1 N–H and O–H groups in total. The average molecular weight is 279 g/mol. The van der Waals surface area contributed by atoms with Gasteiger partial charge in [-0.05, 0) is 13.0 Å². The molecule has 0 spiro atoms. The lowest BCUT2D eigenvalue weighted by atomic mass is 10.2. The van der Waals surface area contributed by atoms with Crippen LogP contribution in [-0.2, 0) is 4.74 Å². The third-order valence-electron chi connectivity index (χ3n) is 2.55. The average Bonchev–Trinajstić information content (AvgIpc) is 2.95. The molecular weight excluding hydrogens is 262 g/mol. The van der Waals surface area contributed by atoms with Crippen molar-refractivity contribution in [3.8, 4) is 5.88 Å². The van der Waals surface area contributed by atoms with Crippen molar-refractivity contribution < 1.29 is 9.47 Å². The Morgan fingerprint density at radius 1 is 1.32 bits per heavy atom. The summed E-state index contributed by atoms with van der Waals surface area (Å²) in [4.78, 5) is 8.50. The van der Waals surface area contributed by atoms with E-state index < -0.39 is 0 Å². The number of nitrogens with one attached hydrogen (secondary N) is 1. The van der Waals surface area contributed by atoms with Gasteiger partial charge in [-0.15, -0.1) is 11.3 Å². The highest BCUT2D eigenvalue weighted by molar-refractivity contribution is 7.07. The molecule has 19 heavy (non-hydrogen) atoms. The predicted molar refractivity (Wildman–Crippen MR) is 75.8 cm³/mol. The van der Waals surface area contributed by atoms with Crippen molar-refractivity contribution in [3.05, 3.63) is 34.9 Å². The van der Waals surface area contributed by atoms with Crippen molar-refractivity contribution in [2.24, 2.45) is 0 Å². The quantitative estimate of drug-likeness (QED) is 0.790. The number of pyridine rings is 1. The molecule has 2 heterocycles. The van der Waals surface area contributed by atoms with Gasteiger partial charge in [0, 0.05) is 18.6 Å². The van der Waals surface area contributed by atoms with E-state index in [1.165, 1.54) is 0 Å². The topological polar surface area (TPSA) is 56.3 Å². The van der Waals surface area contributed by atoms with Crippen LogP contribution in [0.4, 0.5) is 5.69 Å². The highest BCUT2D eigenvalue weighted by atomic mass is 32.1. The molecular formula is C13H17N3O2S. The first kappa shape index (κ1) is 13.8. The van der Waals surface area contributed by atoms with Crippen LogP contribution in [0, 0.1) is 0 Å². The van der Waals surface area contributed by atoms with Crippen molar-refractivity contribution >= 4 is 17.0 Å². The molecule has 0 fully saturated rings. The largest absolute Gasteiger partial charge is 0.475 e. The molecule has 0 aliphatic carbocycles. The summed E-state index contributed by atoms with van der Waals surface area (Å²) in [6.07, 6.45) is 1.75. The molecule has 1 atom stereocenters. The lowest BCUT2D eigenvalue weighted by molar-refractivity contribution is 0.144. The fourth-order valence-electron chi connectivity index (χ4n) is 1.54. The zero-order chi connectivity index (χ0) is 13.5. The van der Waals surface area contributed by atoms with Crippen LogP contribution in [0.5, 0.6) is 5.88 Å². The molecule has 2 rings (SSSR count). The molecule has 0 saturated heterocycles. The Bertz CT molecular complexity index is 473. The van der Waals surface area contributed by atoms with Gasteiger partial charge in [0.1, 0.15) is 6.61 Å². The molecule has 0 saturated carbocycles. The minimum Gasteiger partial charge on any atom is -0.475 e. The second-order valence-electron chi connectivity index (χ2n) is 4.01. The number of nitrogens with zero attached hydrogens (tertiary/aromatic N) is 2. The molecule has 0 amide bonds. The summed E-state index contributed by atoms with van der Waals surface area (Å²) in [5.74, 6) is 0.601. The van der Waals surface area contributed by atoms with Crippen molar-refractivity contribution in [1.29, 1.82) is 0 Å². The van der Waals surface area contributed by atoms with E-state index in [-0.39, 0.29) is 6.04 Å². The van der Waals surface area contributed by atoms with E-state index in [1.54, 1.807) is 24.6 Å². The first-order valence-corrected chi connectivity index (χ1v) is 6.96. The van der Waals surface area contributed by atoms with Crippen LogP contribution in [0.25, 0.3) is 0 Å². The van der Waals surface area contributed by atoms with Crippen LogP contribution in [-0.4, -0.2) is 30.3 Å². The van der Waals surface area contributed by atoms with Crippen molar-refractivity contribution in [1.82, 2.24) is 9.97 Å². The highest BCUT2D eigenvalue weighted by Gasteiger charge is 2.07. The Balaban J connectivity index is 1.88. The fourth-order valence-corrected chi connectivity index (χ4v) is 2.19. The molecule has 102 valence electrons. The number of ether oxygens (including phenoxy) is 2. The van der Waals surface area contributed by atoms with E-state index in [4.69, 9.17) is 9.47 Å². The maximum atomic E-state index is 5.40. The van der Waals surface area contributed by atoms with Gasteiger partial charge in [-0.1, -0.05) is 0 Å². The Labute approximate surface area is 116 Å². The number of thiazole rings is 1. The van der Waals surface area contributed by atoms with Crippen LogP contribution in [0.15, 0.2) is 29.2 Å². The van der Waals surface area contributed by atoms with E-state index >= 15 is 0 Å². The Kier molecular flexibility index (Phi) is 5.11. The van der Waals surface area contributed by atoms with Gasteiger partial charge in [-0.25, -0.2) is 9.97 Å². The van der Waals surface area contributed by atoms with Gasteiger partial charge < -0.3 is 14.8 Å². The lowest BCUT2D eigenvalue weighted by Crippen LogP contribution is -2.08. The van der Waals surface area contributed by atoms with E-state index in [9.17, 15) is 0 Å². The monoisotopic (exact) mass is 279 g/mol. The smallest absolute Gasteiger partial charge is 0.213 e. The molecule has 2 aromatic heterocycles. The summed E-state index contributed by atoms with van der Waals surface area (Å²) < 4.78 is 10.3. The Morgan fingerprint density at radius 2 is 2.21 bits per heavy atom. The van der Waals surface area contributed by atoms with Gasteiger partial charge in [0.15, 0.2) is 0 Å². The van der Waals surface area contributed by atoms with E-state index in [0.29, 0.717) is 19.1 Å². The number of anilines is 1. The molecule has 0 aliphatic rings. The summed E-state index contributed by atoms with van der Waals surface area (Å²) >= 11 is 1.59. The van der Waals surface area contributed by atoms with Crippen molar-refractivity contribution in [3.63, 3.8) is 0 Å². The third-order valence-corrected chi connectivity index (χ3v) is 3.16. The summed E-state index contributed by atoms with van der Waals surface area (Å²) in [6.45, 7) is 3.13. The minimum absolute atomic E-state index is 0.160. The molecule has 0 bridgehead atoms. The number of rotatable bonds is 7. The molecule has 0 aromatic carbocycles. The van der Waals surface area contributed by atoms with Gasteiger partial charge in [0.25, 0.3) is 0 Å². The first-order valence-electron chi connectivity index (χ1n) is 6.02. The first-order chi connectivity index (χ1) is 9.29. The summed E-state index contributed by atoms with van der Waals surface area (Å²) in [5, 5.41) is 5.38. The van der Waals surface area contributed by atoms with Crippen LogP contribution < -0.4 is 10.1 Å². The number of hydrogen-bond donors (Lipinski definition) is 1. The third kappa shape index (κ3) is 4.18. The van der Waals surface area contributed by atoms with Crippen LogP contribution in [0.1, 0.15) is 18.7 Å². The second-order valence-corrected chi connectivity index (χ2v) is 4.72. The van der Waals surface area contributed by atoms with Gasteiger partial charge in [0.05, 0.1) is 35.7 Å². The summed E-state index contributed by atoms with van der Waals surface area (Å²) in [7, 11) is 1.64. The van der Waals surface area contributed by atoms with Crippen LogP contribution in [0.2, 0.25) is 0 Å². The van der Waals surface area contributed by atoms with Gasteiger partial charge in [-0.3, -0.25) is 0 Å². The maximum absolute atomic E-state index is 5.40. The highest BCUT2D eigenvalue weighted by Crippen LogP contribution is 2.19. The molecule has 1 unspecified atom stereocenters. The number of aromatic nitrogens is 2. The summed E-state index contributed by atoms with van der Waals surface area (Å²) in [5.41, 5.74) is 3.81. The summed E-state index contributed by atoms with van der Waals surface area (Å²) in [6, 6.07) is 3.94. The molecule has 0 aliphatic heterocycles. The van der Waals surface area contributed by atoms with Crippen molar-refractivity contribution in [2.45, 2.75) is 13.0 Å². The Morgan fingerprint density at radius 3 is 2.84 bits per heavy atom. The van der Waals surface area contributed by atoms with E-state index in [2.05, 4.69) is 22.2 Å². The number of methoxy groups -OCH3 is 1. The molecule has 5 nitrogen and oxygen atoms in total.